The number of para-hydroxylation sites is 1. The highest BCUT2D eigenvalue weighted by Gasteiger charge is 2.12. The van der Waals surface area contributed by atoms with Crippen molar-refractivity contribution in [1.29, 1.82) is 0 Å². The Balaban J connectivity index is 1.86. The van der Waals surface area contributed by atoms with Crippen molar-refractivity contribution in [3.8, 4) is 22.8 Å². The first-order valence-electron chi connectivity index (χ1n) is 7.78. The molecule has 4 heteroatoms. The van der Waals surface area contributed by atoms with Gasteiger partial charge in [0.2, 0.25) is 5.88 Å². The lowest BCUT2D eigenvalue weighted by Gasteiger charge is -2.12. The van der Waals surface area contributed by atoms with Crippen LogP contribution in [0.25, 0.3) is 22.0 Å². The summed E-state index contributed by atoms with van der Waals surface area (Å²) in [4.78, 5) is 4.70. The minimum atomic E-state index is 0.545. The number of fused-ring (bicyclic) bond motifs is 1. The van der Waals surface area contributed by atoms with Crippen LogP contribution < -0.4 is 4.74 Å². The molecule has 2 nitrogen and oxygen atoms in total. The Morgan fingerprint density at radius 3 is 2.08 bits per heavy atom. The second kappa shape index (κ2) is 6.75. The lowest BCUT2D eigenvalue weighted by molar-refractivity contribution is 0.467. The highest BCUT2D eigenvalue weighted by Crippen LogP contribution is 2.35. The molecular weight excluding hydrogens is 353 g/mol. The first-order chi connectivity index (χ1) is 12.2. The van der Waals surface area contributed by atoms with Gasteiger partial charge in [-0.05, 0) is 54.1 Å². The molecule has 0 radical (unpaired) electrons. The smallest absolute Gasteiger partial charge is 0.227 e. The van der Waals surface area contributed by atoms with E-state index in [1.54, 1.807) is 12.1 Å². The average Bonchev–Trinajstić information content (AvgIpc) is 2.64. The summed E-state index contributed by atoms with van der Waals surface area (Å²) in [6, 6.07) is 24.9. The molecule has 1 aromatic heterocycles. The van der Waals surface area contributed by atoms with Crippen molar-refractivity contribution in [1.82, 2.24) is 4.98 Å². The van der Waals surface area contributed by atoms with Crippen molar-refractivity contribution < 1.29 is 4.74 Å². The summed E-state index contributed by atoms with van der Waals surface area (Å²) in [5, 5.41) is 2.41. The van der Waals surface area contributed by atoms with Crippen LogP contribution in [0.2, 0.25) is 10.0 Å². The van der Waals surface area contributed by atoms with Crippen LogP contribution in [0.4, 0.5) is 0 Å². The molecule has 0 aliphatic rings. The van der Waals surface area contributed by atoms with E-state index in [0.29, 0.717) is 21.7 Å². The molecule has 3 aromatic carbocycles. The van der Waals surface area contributed by atoms with Gasteiger partial charge in [0.05, 0.1) is 5.52 Å². The Morgan fingerprint density at radius 2 is 1.36 bits per heavy atom. The Morgan fingerprint density at radius 1 is 0.720 bits per heavy atom. The molecule has 25 heavy (non-hydrogen) atoms. The van der Waals surface area contributed by atoms with Crippen LogP contribution in [-0.4, -0.2) is 4.98 Å². The zero-order valence-electron chi connectivity index (χ0n) is 13.1. The van der Waals surface area contributed by atoms with Gasteiger partial charge in [-0.2, -0.15) is 0 Å². The van der Waals surface area contributed by atoms with E-state index >= 15 is 0 Å². The van der Waals surface area contributed by atoms with E-state index in [-0.39, 0.29) is 0 Å². The summed E-state index contributed by atoms with van der Waals surface area (Å²) < 4.78 is 6.05. The lowest BCUT2D eigenvalue weighted by atomic mass is 10.0. The molecule has 0 fully saturated rings. The Bertz CT molecular complexity index is 1030. The molecule has 0 N–H and O–H groups in total. The molecular formula is C21H13Cl2NO. The summed E-state index contributed by atoms with van der Waals surface area (Å²) in [6.45, 7) is 0. The van der Waals surface area contributed by atoms with Crippen molar-refractivity contribution >= 4 is 34.1 Å². The Labute approximate surface area is 155 Å². The van der Waals surface area contributed by atoms with Gasteiger partial charge in [-0.25, -0.2) is 4.98 Å². The van der Waals surface area contributed by atoms with Crippen LogP contribution in [0.5, 0.6) is 11.6 Å². The predicted octanol–water partition coefficient (Wildman–Crippen LogP) is 7.00. The number of ether oxygens (including phenoxy) is 1. The van der Waals surface area contributed by atoms with Crippen LogP contribution >= 0.6 is 23.2 Å². The SMILES string of the molecule is Clc1ccc(Oc2nc3ccccc3cc2-c2ccc(Cl)cc2)cc1. The van der Waals surface area contributed by atoms with Crippen molar-refractivity contribution in [2.45, 2.75) is 0 Å². The van der Waals surface area contributed by atoms with E-state index in [4.69, 9.17) is 32.9 Å². The number of halogens is 2. The van der Waals surface area contributed by atoms with E-state index in [1.807, 2.05) is 60.7 Å². The van der Waals surface area contributed by atoms with Gasteiger partial charge in [0.15, 0.2) is 0 Å². The first kappa shape index (κ1) is 15.9. The summed E-state index contributed by atoms with van der Waals surface area (Å²) in [6.07, 6.45) is 0. The third-order valence-electron chi connectivity index (χ3n) is 3.87. The second-order valence-electron chi connectivity index (χ2n) is 5.60. The van der Waals surface area contributed by atoms with E-state index in [2.05, 4.69) is 6.07 Å². The monoisotopic (exact) mass is 365 g/mol. The standard InChI is InChI=1S/C21H13Cl2NO/c22-16-7-5-14(6-8-16)19-13-15-3-1-2-4-20(15)24-21(19)25-18-11-9-17(23)10-12-18/h1-13H. The quantitative estimate of drug-likeness (QED) is 0.389. The molecule has 0 spiro atoms. The normalized spacial score (nSPS) is 10.8. The number of hydrogen-bond donors (Lipinski definition) is 0. The Kier molecular flexibility index (Phi) is 4.31. The number of hydrogen-bond acceptors (Lipinski definition) is 2. The Hall–Kier alpha value is -2.55. The molecule has 0 unspecified atom stereocenters. The maximum atomic E-state index is 6.05. The highest BCUT2D eigenvalue weighted by molar-refractivity contribution is 6.30. The largest absolute Gasteiger partial charge is 0.438 e. The highest BCUT2D eigenvalue weighted by atomic mass is 35.5. The number of pyridine rings is 1. The average molecular weight is 366 g/mol. The molecule has 0 amide bonds. The maximum Gasteiger partial charge on any atom is 0.227 e. The van der Waals surface area contributed by atoms with Crippen molar-refractivity contribution in [2.75, 3.05) is 0 Å². The molecule has 0 aliphatic carbocycles. The van der Waals surface area contributed by atoms with Crippen molar-refractivity contribution in [2.24, 2.45) is 0 Å². The van der Waals surface area contributed by atoms with E-state index in [0.717, 1.165) is 22.0 Å². The van der Waals surface area contributed by atoms with Gasteiger partial charge in [-0.15, -0.1) is 0 Å². The molecule has 0 aliphatic heterocycles. The number of aromatic nitrogens is 1. The van der Waals surface area contributed by atoms with Gasteiger partial charge in [0.1, 0.15) is 5.75 Å². The molecule has 4 rings (SSSR count). The predicted molar refractivity (Wildman–Crippen MR) is 104 cm³/mol. The van der Waals surface area contributed by atoms with Crippen molar-refractivity contribution in [3.63, 3.8) is 0 Å². The molecule has 0 atom stereocenters. The molecule has 4 aromatic rings. The van der Waals surface area contributed by atoms with Gasteiger partial charge < -0.3 is 4.74 Å². The number of rotatable bonds is 3. The molecule has 0 saturated carbocycles. The van der Waals surface area contributed by atoms with E-state index in [9.17, 15) is 0 Å². The van der Waals surface area contributed by atoms with E-state index < -0.39 is 0 Å². The maximum absolute atomic E-state index is 6.05. The minimum absolute atomic E-state index is 0.545. The number of nitrogens with zero attached hydrogens (tertiary/aromatic N) is 1. The number of benzene rings is 3. The fraction of sp³-hybridized carbons (Fsp3) is 0. The van der Waals surface area contributed by atoms with Crippen LogP contribution in [0.15, 0.2) is 78.9 Å². The fourth-order valence-corrected chi connectivity index (χ4v) is 2.88. The summed E-state index contributed by atoms with van der Waals surface area (Å²) in [7, 11) is 0. The van der Waals surface area contributed by atoms with Crippen molar-refractivity contribution in [3.05, 3.63) is 88.9 Å². The van der Waals surface area contributed by atoms with Gasteiger partial charge in [0.25, 0.3) is 0 Å². The van der Waals surface area contributed by atoms with Crippen LogP contribution in [-0.2, 0) is 0 Å². The zero-order valence-corrected chi connectivity index (χ0v) is 14.6. The molecule has 0 saturated heterocycles. The van der Waals surface area contributed by atoms with Gasteiger partial charge in [-0.1, -0.05) is 53.5 Å². The summed E-state index contributed by atoms with van der Waals surface area (Å²) in [5.74, 6) is 1.23. The molecule has 1 heterocycles. The third kappa shape index (κ3) is 3.46. The lowest BCUT2D eigenvalue weighted by Crippen LogP contribution is -1.93. The third-order valence-corrected chi connectivity index (χ3v) is 4.38. The van der Waals surface area contributed by atoms with Crippen LogP contribution in [0, 0.1) is 0 Å². The summed E-state index contributed by atoms with van der Waals surface area (Å²) >= 11 is 12.0. The van der Waals surface area contributed by atoms with Gasteiger partial charge >= 0.3 is 0 Å². The van der Waals surface area contributed by atoms with Gasteiger partial charge in [-0.3, -0.25) is 0 Å². The topological polar surface area (TPSA) is 22.1 Å². The first-order valence-corrected chi connectivity index (χ1v) is 8.54. The summed E-state index contributed by atoms with van der Waals surface area (Å²) in [5.41, 5.74) is 2.78. The molecule has 122 valence electrons. The molecule has 0 bridgehead atoms. The van der Waals surface area contributed by atoms with E-state index in [1.165, 1.54) is 0 Å². The van der Waals surface area contributed by atoms with Gasteiger partial charge in [0, 0.05) is 21.0 Å². The second-order valence-corrected chi connectivity index (χ2v) is 6.47. The zero-order chi connectivity index (χ0) is 17.2. The van der Waals surface area contributed by atoms with Crippen LogP contribution in [0.3, 0.4) is 0 Å². The van der Waals surface area contributed by atoms with Crippen LogP contribution in [0.1, 0.15) is 0 Å². The fourth-order valence-electron chi connectivity index (χ4n) is 2.63. The minimum Gasteiger partial charge on any atom is -0.438 e.